The predicted molar refractivity (Wildman–Crippen MR) is 98.6 cm³/mol. The summed E-state index contributed by atoms with van der Waals surface area (Å²) in [5, 5.41) is 12.3. The van der Waals surface area contributed by atoms with E-state index in [1.165, 1.54) is 0 Å². The number of thiazole rings is 1. The maximum atomic E-state index is 11.7. The van der Waals surface area contributed by atoms with E-state index in [2.05, 4.69) is 31.3 Å². The Morgan fingerprint density at radius 3 is 2.83 bits per heavy atom. The number of nitrogens with one attached hydrogen (secondary N) is 3. The maximum Gasteiger partial charge on any atom is 0.251 e. The number of aryl methyl sites for hydroxylation is 1. The fourth-order valence-electron chi connectivity index (χ4n) is 2.21. The van der Waals surface area contributed by atoms with E-state index in [0.717, 1.165) is 35.2 Å². The van der Waals surface area contributed by atoms with Gasteiger partial charge in [0.25, 0.3) is 5.91 Å². The number of carbonyl (C=O) groups excluding carboxylic acids is 1. The fraction of sp³-hybridized carbons (Fsp3) is 0.353. The molecule has 1 aromatic heterocycles. The van der Waals surface area contributed by atoms with Crippen molar-refractivity contribution in [3.63, 3.8) is 0 Å². The topological polar surface area (TPSA) is 78.4 Å². The predicted octanol–water partition coefficient (Wildman–Crippen LogP) is 1.72. The van der Waals surface area contributed by atoms with Gasteiger partial charge in [0.05, 0.1) is 10.7 Å². The molecule has 7 heteroatoms. The second-order valence-electron chi connectivity index (χ2n) is 5.24. The van der Waals surface area contributed by atoms with Crippen molar-refractivity contribution in [2.24, 2.45) is 4.99 Å². The van der Waals surface area contributed by atoms with E-state index in [9.17, 15) is 4.79 Å². The number of aliphatic imine (C=N–C) groups is 1. The Morgan fingerprint density at radius 2 is 2.17 bits per heavy atom. The first kappa shape index (κ1) is 17.9. The standard InChI is InChI=1S/C17H23N5OS/c1-12-22-15(11-24-12)7-8-20-17(19-3)21-10-13-5-4-6-14(9-13)16(23)18-2/h4-6,9,11H,7-8,10H2,1-3H3,(H,18,23)(H2,19,20,21). The van der Waals surface area contributed by atoms with Crippen molar-refractivity contribution in [2.45, 2.75) is 19.9 Å². The third kappa shape index (κ3) is 5.34. The minimum atomic E-state index is -0.0853. The van der Waals surface area contributed by atoms with Gasteiger partial charge in [0.2, 0.25) is 0 Å². The van der Waals surface area contributed by atoms with E-state index in [1.807, 2.05) is 25.1 Å². The van der Waals surface area contributed by atoms with Gasteiger partial charge in [0, 0.05) is 44.5 Å². The maximum absolute atomic E-state index is 11.7. The van der Waals surface area contributed by atoms with Crippen molar-refractivity contribution >= 4 is 23.2 Å². The molecule has 2 aromatic rings. The lowest BCUT2D eigenvalue weighted by Gasteiger charge is -2.12. The number of benzene rings is 1. The molecule has 0 radical (unpaired) electrons. The summed E-state index contributed by atoms with van der Waals surface area (Å²) >= 11 is 1.66. The van der Waals surface area contributed by atoms with Crippen LogP contribution in [-0.2, 0) is 13.0 Å². The van der Waals surface area contributed by atoms with Crippen molar-refractivity contribution in [3.05, 3.63) is 51.5 Å². The lowest BCUT2D eigenvalue weighted by Crippen LogP contribution is -2.37. The molecule has 1 aromatic carbocycles. The third-order valence-electron chi connectivity index (χ3n) is 3.44. The highest BCUT2D eigenvalue weighted by atomic mass is 32.1. The number of nitrogens with zero attached hydrogens (tertiary/aromatic N) is 2. The second kappa shape index (κ2) is 9.02. The average molecular weight is 345 g/mol. The smallest absolute Gasteiger partial charge is 0.251 e. The molecule has 0 saturated heterocycles. The summed E-state index contributed by atoms with van der Waals surface area (Å²) in [6.45, 7) is 3.37. The first-order valence-electron chi connectivity index (χ1n) is 7.79. The molecule has 2 rings (SSSR count). The monoisotopic (exact) mass is 345 g/mol. The highest BCUT2D eigenvalue weighted by molar-refractivity contribution is 7.09. The Morgan fingerprint density at radius 1 is 1.33 bits per heavy atom. The lowest BCUT2D eigenvalue weighted by atomic mass is 10.1. The first-order valence-corrected chi connectivity index (χ1v) is 8.67. The zero-order valence-electron chi connectivity index (χ0n) is 14.2. The largest absolute Gasteiger partial charge is 0.356 e. The molecule has 128 valence electrons. The minimum absolute atomic E-state index is 0.0853. The van der Waals surface area contributed by atoms with Crippen molar-refractivity contribution in [3.8, 4) is 0 Å². The molecule has 0 spiro atoms. The number of carbonyl (C=O) groups is 1. The van der Waals surface area contributed by atoms with Crippen LogP contribution in [0.2, 0.25) is 0 Å². The molecule has 0 unspecified atom stereocenters. The molecule has 0 aliphatic heterocycles. The summed E-state index contributed by atoms with van der Waals surface area (Å²) < 4.78 is 0. The Balaban J connectivity index is 1.82. The molecule has 0 aliphatic carbocycles. The van der Waals surface area contributed by atoms with Crippen molar-refractivity contribution in [1.29, 1.82) is 0 Å². The molecule has 0 aliphatic rings. The van der Waals surface area contributed by atoms with Gasteiger partial charge in [-0.25, -0.2) is 4.98 Å². The Kier molecular flexibility index (Phi) is 6.74. The molecular weight excluding hydrogens is 322 g/mol. The van der Waals surface area contributed by atoms with E-state index >= 15 is 0 Å². The molecule has 3 N–H and O–H groups in total. The molecule has 1 heterocycles. The SMILES string of the molecule is CN=C(NCCc1csc(C)n1)NCc1cccc(C(=O)NC)c1. The molecular formula is C17H23N5OS. The van der Waals surface area contributed by atoms with E-state index in [1.54, 1.807) is 31.5 Å². The highest BCUT2D eigenvalue weighted by Crippen LogP contribution is 2.08. The molecule has 0 bridgehead atoms. The van der Waals surface area contributed by atoms with Gasteiger partial charge >= 0.3 is 0 Å². The molecule has 6 nitrogen and oxygen atoms in total. The molecule has 0 saturated carbocycles. The van der Waals surface area contributed by atoms with Crippen molar-refractivity contribution < 1.29 is 4.79 Å². The number of hydrogen-bond acceptors (Lipinski definition) is 4. The zero-order chi connectivity index (χ0) is 17.4. The van der Waals surface area contributed by atoms with Crippen LogP contribution >= 0.6 is 11.3 Å². The van der Waals surface area contributed by atoms with Crippen LogP contribution in [0, 0.1) is 6.92 Å². The highest BCUT2D eigenvalue weighted by Gasteiger charge is 2.05. The van der Waals surface area contributed by atoms with Gasteiger partial charge in [-0.2, -0.15) is 0 Å². The number of amides is 1. The minimum Gasteiger partial charge on any atom is -0.356 e. The van der Waals surface area contributed by atoms with E-state index in [-0.39, 0.29) is 5.91 Å². The Labute approximate surface area is 146 Å². The van der Waals surface area contributed by atoms with Crippen LogP contribution in [0.1, 0.15) is 26.6 Å². The van der Waals surface area contributed by atoms with Crippen LogP contribution in [0.25, 0.3) is 0 Å². The van der Waals surface area contributed by atoms with Crippen LogP contribution < -0.4 is 16.0 Å². The van der Waals surface area contributed by atoms with Crippen LogP contribution in [-0.4, -0.2) is 37.5 Å². The average Bonchev–Trinajstić information content (AvgIpc) is 3.02. The summed E-state index contributed by atoms with van der Waals surface area (Å²) in [5.41, 5.74) is 2.77. The van der Waals surface area contributed by atoms with Gasteiger partial charge in [-0.15, -0.1) is 11.3 Å². The first-order chi connectivity index (χ1) is 11.6. The zero-order valence-corrected chi connectivity index (χ0v) is 15.0. The lowest BCUT2D eigenvalue weighted by molar-refractivity contribution is 0.0963. The van der Waals surface area contributed by atoms with Crippen LogP contribution in [0.15, 0.2) is 34.6 Å². The van der Waals surface area contributed by atoms with Gasteiger partial charge in [-0.1, -0.05) is 12.1 Å². The number of hydrogen-bond donors (Lipinski definition) is 3. The van der Waals surface area contributed by atoms with E-state index in [4.69, 9.17) is 0 Å². The van der Waals surface area contributed by atoms with Gasteiger partial charge in [-0.05, 0) is 24.6 Å². The quantitative estimate of drug-likeness (QED) is 0.550. The van der Waals surface area contributed by atoms with Crippen LogP contribution in [0.3, 0.4) is 0 Å². The molecule has 24 heavy (non-hydrogen) atoms. The van der Waals surface area contributed by atoms with Crippen LogP contribution in [0.5, 0.6) is 0 Å². The van der Waals surface area contributed by atoms with Gasteiger partial charge in [-0.3, -0.25) is 9.79 Å². The number of guanidine groups is 1. The van der Waals surface area contributed by atoms with Crippen molar-refractivity contribution in [2.75, 3.05) is 20.6 Å². The summed E-state index contributed by atoms with van der Waals surface area (Å²) in [5.74, 6) is 0.644. The summed E-state index contributed by atoms with van der Waals surface area (Å²) in [6.07, 6.45) is 0.858. The summed E-state index contributed by atoms with van der Waals surface area (Å²) in [6, 6.07) is 7.52. The molecule has 0 fully saturated rings. The van der Waals surface area contributed by atoms with Crippen LogP contribution in [0.4, 0.5) is 0 Å². The Hall–Kier alpha value is -2.41. The summed E-state index contributed by atoms with van der Waals surface area (Å²) in [7, 11) is 3.37. The van der Waals surface area contributed by atoms with Gasteiger partial charge in [0.15, 0.2) is 5.96 Å². The number of aromatic nitrogens is 1. The van der Waals surface area contributed by atoms with E-state index in [0.29, 0.717) is 12.1 Å². The van der Waals surface area contributed by atoms with Gasteiger partial charge in [0.1, 0.15) is 0 Å². The summed E-state index contributed by atoms with van der Waals surface area (Å²) in [4.78, 5) is 20.3. The van der Waals surface area contributed by atoms with E-state index < -0.39 is 0 Å². The molecule has 0 atom stereocenters. The molecule has 1 amide bonds. The van der Waals surface area contributed by atoms with Crippen molar-refractivity contribution in [1.82, 2.24) is 20.9 Å². The fourth-order valence-corrected chi connectivity index (χ4v) is 2.85. The second-order valence-corrected chi connectivity index (χ2v) is 6.30. The Bertz CT molecular complexity index is 711. The normalized spacial score (nSPS) is 11.2. The van der Waals surface area contributed by atoms with Gasteiger partial charge < -0.3 is 16.0 Å². The third-order valence-corrected chi connectivity index (χ3v) is 4.26. The number of rotatable bonds is 6.